The summed E-state index contributed by atoms with van der Waals surface area (Å²) in [5.74, 6) is 1.79. The van der Waals surface area contributed by atoms with Gasteiger partial charge >= 0.3 is 0 Å². The summed E-state index contributed by atoms with van der Waals surface area (Å²) in [6.07, 6.45) is 6.29. The monoisotopic (exact) mass is 275 g/mol. The Hall–Kier alpha value is -1.76. The highest BCUT2D eigenvalue weighted by Gasteiger charge is 2.20. The van der Waals surface area contributed by atoms with Crippen LogP contribution in [0.5, 0.6) is 0 Å². The van der Waals surface area contributed by atoms with Crippen LogP contribution in [0, 0.1) is 5.92 Å². The van der Waals surface area contributed by atoms with Gasteiger partial charge in [-0.2, -0.15) is 5.10 Å². The van der Waals surface area contributed by atoms with Gasteiger partial charge in [0.1, 0.15) is 18.7 Å². The van der Waals surface area contributed by atoms with E-state index in [4.69, 9.17) is 0 Å². The average molecular weight is 275 g/mol. The van der Waals surface area contributed by atoms with Crippen molar-refractivity contribution in [3.8, 4) is 0 Å². The summed E-state index contributed by atoms with van der Waals surface area (Å²) in [6, 6.07) is 0.302. The van der Waals surface area contributed by atoms with E-state index in [0.29, 0.717) is 12.6 Å². The molecule has 0 aromatic carbocycles. The van der Waals surface area contributed by atoms with Crippen molar-refractivity contribution in [3.63, 3.8) is 0 Å². The molecule has 0 unspecified atom stereocenters. The lowest BCUT2D eigenvalue weighted by Crippen LogP contribution is -2.16. The Morgan fingerprint density at radius 2 is 2.25 bits per heavy atom. The van der Waals surface area contributed by atoms with Crippen molar-refractivity contribution in [2.24, 2.45) is 5.92 Å². The van der Waals surface area contributed by atoms with Gasteiger partial charge in [0.2, 0.25) is 0 Å². The fraction of sp³-hybridized carbons (Fsp3) is 0.692. The van der Waals surface area contributed by atoms with Crippen LogP contribution in [0.4, 0.5) is 0 Å². The topological polar surface area (TPSA) is 73.5 Å². The standard InChI is InChI=1S/C13H21N7/c1-10(2)20-13(15-9-16-20)8-19-7-12(17-18-19)6-14-5-11-3-4-11/h7,9-11,14H,3-6,8H2,1-2H3. The third-order valence-electron chi connectivity index (χ3n) is 3.46. The molecule has 108 valence electrons. The van der Waals surface area contributed by atoms with Gasteiger partial charge in [0, 0.05) is 12.6 Å². The SMILES string of the molecule is CC(C)n1ncnc1Cn1cc(CNCC2CC2)nn1. The summed E-state index contributed by atoms with van der Waals surface area (Å²) < 4.78 is 3.73. The minimum Gasteiger partial charge on any atom is -0.311 e. The van der Waals surface area contributed by atoms with Crippen molar-refractivity contribution < 1.29 is 0 Å². The molecular formula is C13H21N7. The van der Waals surface area contributed by atoms with Crippen molar-refractivity contribution >= 4 is 0 Å². The van der Waals surface area contributed by atoms with Gasteiger partial charge in [0.05, 0.1) is 11.9 Å². The molecule has 0 saturated heterocycles. The Bertz CT molecular complexity index is 553. The van der Waals surface area contributed by atoms with E-state index in [1.54, 1.807) is 6.33 Å². The Morgan fingerprint density at radius 3 is 3.00 bits per heavy atom. The van der Waals surface area contributed by atoms with Crippen molar-refractivity contribution in [1.82, 2.24) is 35.1 Å². The number of hydrogen-bond acceptors (Lipinski definition) is 5. The summed E-state index contributed by atoms with van der Waals surface area (Å²) in [5, 5.41) is 16.0. The molecule has 7 nitrogen and oxygen atoms in total. The Labute approximate surface area is 118 Å². The number of nitrogens with one attached hydrogen (secondary N) is 1. The predicted molar refractivity (Wildman–Crippen MR) is 74.0 cm³/mol. The van der Waals surface area contributed by atoms with Crippen LogP contribution in [0.1, 0.15) is 44.2 Å². The molecule has 0 spiro atoms. The first-order valence-corrected chi connectivity index (χ1v) is 7.20. The molecule has 2 aromatic rings. The maximum Gasteiger partial charge on any atom is 0.148 e. The van der Waals surface area contributed by atoms with Gasteiger partial charge in [0.15, 0.2) is 0 Å². The van der Waals surface area contributed by atoms with E-state index >= 15 is 0 Å². The maximum absolute atomic E-state index is 4.28. The zero-order chi connectivity index (χ0) is 13.9. The third-order valence-corrected chi connectivity index (χ3v) is 3.46. The molecular weight excluding hydrogens is 254 g/mol. The van der Waals surface area contributed by atoms with Crippen LogP contribution in [0.25, 0.3) is 0 Å². The maximum atomic E-state index is 4.28. The number of nitrogens with zero attached hydrogens (tertiary/aromatic N) is 6. The van der Waals surface area contributed by atoms with Gasteiger partial charge in [-0.3, -0.25) is 0 Å². The first-order valence-electron chi connectivity index (χ1n) is 7.20. The van der Waals surface area contributed by atoms with E-state index in [1.807, 2.05) is 15.6 Å². The van der Waals surface area contributed by atoms with E-state index in [-0.39, 0.29) is 0 Å². The predicted octanol–water partition coefficient (Wildman–Crippen LogP) is 0.998. The van der Waals surface area contributed by atoms with Crippen LogP contribution in [0.2, 0.25) is 0 Å². The normalized spacial score (nSPS) is 15.2. The first kappa shape index (κ1) is 13.2. The second kappa shape index (κ2) is 5.70. The van der Waals surface area contributed by atoms with Crippen LogP contribution in [0.15, 0.2) is 12.5 Å². The van der Waals surface area contributed by atoms with Crippen LogP contribution in [-0.2, 0) is 13.1 Å². The second-order valence-electron chi connectivity index (χ2n) is 5.70. The molecule has 1 saturated carbocycles. The van der Waals surface area contributed by atoms with Gasteiger partial charge in [-0.15, -0.1) is 5.10 Å². The van der Waals surface area contributed by atoms with Crippen molar-refractivity contribution in [3.05, 3.63) is 24.0 Å². The highest BCUT2D eigenvalue weighted by Crippen LogP contribution is 2.27. The second-order valence-corrected chi connectivity index (χ2v) is 5.70. The molecule has 1 aliphatic rings. The number of hydrogen-bond donors (Lipinski definition) is 1. The van der Waals surface area contributed by atoms with Crippen LogP contribution < -0.4 is 5.32 Å². The molecule has 7 heteroatoms. The lowest BCUT2D eigenvalue weighted by Gasteiger charge is -2.08. The Kier molecular flexibility index (Phi) is 3.77. The Balaban J connectivity index is 1.57. The molecule has 0 radical (unpaired) electrons. The van der Waals surface area contributed by atoms with Crippen molar-refractivity contribution in [2.75, 3.05) is 6.54 Å². The third kappa shape index (κ3) is 3.22. The van der Waals surface area contributed by atoms with Gasteiger partial charge < -0.3 is 5.32 Å². The molecule has 2 heterocycles. The summed E-state index contributed by atoms with van der Waals surface area (Å²) in [5.41, 5.74) is 0.973. The van der Waals surface area contributed by atoms with Crippen molar-refractivity contribution in [1.29, 1.82) is 0 Å². The lowest BCUT2D eigenvalue weighted by molar-refractivity contribution is 0.485. The largest absolute Gasteiger partial charge is 0.311 e. The molecule has 0 bridgehead atoms. The highest BCUT2D eigenvalue weighted by atomic mass is 15.4. The summed E-state index contributed by atoms with van der Waals surface area (Å²) in [4.78, 5) is 4.28. The Morgan fingerprint density at radius 1 is 1.40 bits per heavy atom. The molecule has 1 N–H and O–H groups in total. The van der Waals surface area contributed by atoms with Gasteiger partial charge in [-0.1, -0.05) is 5.21 Å². The van der Waals surface area contributed by atoms with E-state index in [1.165, 1.54) is 12.8 Å². The summed E-state index contributed by atoms with van der Waals surface area (Å²) in [6.45, 7) is 6.66. The van der Waals surface area contributed by atoms with Gasteiger partial charge in [-0.25, -0.2) is 14.3 Å². The van der Waals surface area contributed by atoms with Gasteiger partial charge in [-0.05, 0) is 39.2 Å². The summed E-state index contributed by atoms with van der Waals surface area (Å²) >= 11 is 0. The number of rotatable bonds is 7. The minimum atomic E-state index is 0.302. The first-order chi connectivity index (χ1) is 9.72. The average Bonchev–Trinajstić information content (AvgIpc) is 2.94. The fourth-order valence-electron chi connectivity index (χ4n) is 2.19. The van der Waals surface area contributed by atoms with Crippen LogP contribution in [-0.4, -0.2) is 36.3 Å². The molecule has 1 fully saturated rings. The summed E-state index contributed by atoms with van der Waals surface area (Å²) in [7, 11) is 0. The van der Waals surface area contributed by atoms with Gasteiger partial charge in [0.25, 0.3) is 0 Å². The molecule has 2 aromatic heterocycles. The number of aromatic nitrogens is 6. The molecule has 1 aliphatic carbocycles. The molecule has 0 atom stereocenters. The van der Waals surface area contributed by atoms with Crippen molar-refractivity contribution in [2.45, 2.75) is 45.8 Å². The quantitative estimate of drug-likeness (QED) is 0.816. The zero-order valence-electron chi connectivity index (χ0n) is 12.0. The zero-order valence-corrected chi connectivity index (χ0v) is 12.0. The fourth-order valence-corrected chi connectivity index (χ4v) is 2.19. The molecule has 0 aliphatic heterocycles. The minimum absolute atomic E-state index is 0.302. The molecule has 20 heavy (non-hydrogen) atoms. The van der Waals surface area contributed by atoms with E-state index in [0.717, 1.165) is 30.5 Å². The van der Waals surface area contributed by atoms with E-state index in [2.05, 4.69) is 39.6 Å². The molecule has 0 amide bonds. The van der Waals surface area contributed by atoms with Crippen LogP contribution in [0.3, 0.4) is 0 Å². The smallest absolute Gasteiger partial charge is 0.148 e. The lowest BCUT2D eigenvalue weighted by atomic mass is 10.4. The van der Waals surface area contributed by atoms with E-state index < -0.39 is 0 Å². The highest BCUT2D eigenvalue weighted by molar-refractivity contribution is 4.95. The molecule has 3 rings (SSSR count). The van der Waals surface area contributed by atoms with E-state index in [9.17, 15) is 0 Å². The van der Waals surface area contributed by atoms with Crippen LogP contribution >= 0.6 is 0 Å².